The lowest BCUT2D eigenvalue weighted by molar-refractivity contribution is -0.155. The smallest absolute Gasteiger partial charge is 0.410 e. The number of carbonyl (C=O) groups is 4. The molecular formula is C39H56N4O7. The number of amides is 3. The molecular weight excluding hydrogens is 636 g/mol. The van der Waals surface area contributed by atoms with Crippen LogP contribution in [0.5, 0.6) is 5.75 Å². The molecule has 2 aromatic rings. The minimum Gasteiger partial charge on any atom is -0.508 e. The van der Waals surface area contributed by atoms with Crippen molar-refractivity contribution in [1.82, 2.24) is 20.1 Å². The number of carbonyl (C=O) groups excluding carboxylic acids is 4. The molecule has 2 unspecified atom stereocenters. The Balaban J connectivity index is 1.34. The minimum absolute atomic E-state index is 0.0472. The summed E-state index contributed by atoms with van der Waals surface area (Å²) in [5.74, 6) is -0.394. The molecule has 1 aromatic heterocycles. The van der Waals surface area contributed by atoms with Gasteiger partial charge in [0, 0.05) is 45.0 Å². The van der Waals surface area contributed by atoms with Gasteiger partial charge in [0.05, 0.1) is 18.4 Å². The highest BCUT2D eigenvalue weighted by Crippen LogP contribution is 2.27. The Hall–Kier alpha value is -4.15. The zero-order chi connectivity index (χ0) is 36.5. The average molecular weight is 693 g/mol. The van der Waals surface area contributed by atoms with Crippen molar-refractivity contribution in [2.75, 3.05) is 26.2 Å². The summed E-state index contributed by atoms with van der Waals surface area (Å²) in [4.78, 5) is 60.4. The summed E-state index contributed by atoms with van der Waals surface area (Å²) in [7, 11) is 0. The maximum Gasteiger partial charge on any atom is 0.410 e. The molecule has 0 aliphatic carbocycles. The first-order valence-corrected chi connectivity index (χ1v) is 18.0. The second-order valence-electron chi connectivity index (χ2n) is 15.8. The second-order valence-corrected chi connectivity index (χ2v) is 15.8. The maximum atomic E-state index is 13.7. The van der Waals surface area contributed by atoms with E-state index in [1.165, 1.54) is 0 Å². The quantitative estimate of drug-likeness (QED) is 0.269. The number of hydrogen-bond donors (Lipinski definition) is 2. The van der Waals surface area contributed by atoms with Crippen molar-refractivity contribution in [1.29, 1.82) is 0 Å². The van der Waals surface area contributed by atoms with Crippen LogP contribution in [0.15, 0.2) is 42.7 Å². The summed E-state index contributed by atoms with van der Waals surface area (Å²) in [5.41, 5.74) is 1.44. The number of benzene rings is 1. The zero-order valence-corrected chi connectivity index (χ0v) is 30.7. The topological polar surface area (TPSA) is 138 Å². The average Bonchev–Trinajstić information content (AvgIpc) is 3.05. The van der Waals surface area contributed by atoms with Crippen LogP contribution in [-0.4, -0.2) is 81.1 Å². The van der Waals surface area contributed by atoms with Gasteiger partial charge in [0.2, 0.25) is 11.8 Å². The van der Waals surface area contributed by atoms with E-state index < -0.39 is 29.1 Å². The Bertz CT molecular complexity index is 1470. The molecule has 11 heteroatoms. The van der Waals surface area contributed by atoms with Crippen molar-refractivity contribution in [3.8, 4) is 5.75 Å². The summed E-state index contributed by atoms with van der Waals surface area (Å²) in [6.07, 6.45) is 8.67. The van der Waals surface area contributed by atoms with Gasteiger partial charge in [-0.05, 0) is 121 Å². The molecule has 3 heterocycles. The number of aromatic nitrogens is 1. The van der Waals surface area contributed by atoms with Gasteiger partial charge in [-0.25, -0.2) is 4.79 Å². The lowest BCUT2D eigenvalue weighted by Crippen LogP contribution is -2.46. The monoisotopic (exact) mass is 692 g/mol. The molecule has 50 heavy (non-hydrogen) atoms. The number of aromatic hydroxyl groups is 1. The molecule has 11 nitrogen and oxygen atoms in total. The first-order chi connectivity index (χ1) is 23.5. The van der Waals surface area contributed by atoms with Crippen molar-refractivity contribution >= 4 is 23.9 Å². The molecule has 0 saturated carbocycles. The van der Waals surface area contributed by atoms with Gasteiger partial charge in [-0.3, -0.25) is 19.4 Å². The number of likely N-dealkylation sites (tertiary alicyclic amines) is 2. The third kappa shape index (κ3) is 12.6. The fourth-order valence-corrected chi connectivity index (χ4v) is 6.56. The highest BCUT2D eigenvalue weighted by molar-refractivity contribution is 5.82. The fourth-order valence-electron chi connectivity index (χ4n) is 6.56. The van der Waals surface area contributed by atoms with Crippen molar-refractivity contribution in [3.05, 3.63) is 59.4 Å². The van der Waals surface area contributed by atoms with Gasteiger partial charge in [0.25, 0.3) is 0 Å². The maximum absolute atomic E-state index is 13.7. The number of nitrogens with zero attached hydrogens (tertiary/aromatic N) is 3. The van der Waals surface area contributed by atoms with E-state index in [0.717, 1.165) is 36.8 Å². The standard InChI is InChI=1S/C39H56N4O7/c1-38(2,3)49-35(46)23-33(31-21-29(24-40-25-31)13-12-28-9-7-11-32(44)22-28)41-36(47)30-10-8-18-43(26-30)34(45)15-14-27-16-19-42(20-17-27)37(48)50-39(4,5)6/h7,9,11,21-22,24-25,27,30,33,44H,8,10,12-20,23,26H2,1-6H3,(H,41,47). The molecule has 0 spiro atoms. The van der Waals surface area contributed by atoms with Gasteiger partial charge >= 0.3 is 12.1 Å². The van der Waals surface area contributed by atoms with Gasteiger partial charge in [0.15, 0.2) is 0 Å². The number of aryl methyl sites for hydroxylation is 2. The van der Waals surface area contributed by atoms with Crippen LogP contribution in [0, 0.1) is 11.8 Å². The van der Waals surface area contributed by atoms with E-state index in [4.69, 9.17) is 9.47 Å². The normalized spacial score (nSPS) is 17.9. The first-order valence-electron chi connectivity index (χ1n) is 18.0. The Kier molecular flexibility index (Phi) is 13.3. The number of rotatable bonds is 11. The van der Waals surface area contributed by atoms with Crippen molar-refractivity contribution in [2.45, 2.75) is 117 Å². The van der Waals surface area contributed by atoms with Crippen LogP contribution in [0.2, 0.25) is 0 Å². The second kappa shape index (κ2) is 17.2. The van der Waals surface area contributed by atoms with Crippen LogP contribution in [0.25, 0.3) is 0 Å². The predicted octanol–water partition coefficient (Wildman–Crippen LogP) is 6.13. The van der Waals surface area contributed by atoms with Gasteiger partial charge in [-0.15, -0.1) is 0 Å². The van der Waals surface area contributed by atoms with Crippen molar-refractivity contribution in [2.24, 2.45) is 11.8 Å². The van der Waals surface area contributed by atoms with E-state index in [-0.39, 0.29) is 30.1 Å². The molecule has 2 atom stereocenters. The van der Waals surface area contributed by atoms with E-state index in [9.17, 15) is 24.3 Å². The van der Waals surface area contributed by atoms with E-state index in [0.29, 0.717) is 63.3 Å². The number of phenolic OH excluding ortho intramolecular Hbond substituents is 1. The number of ether oxygens (including phenoxy) is 2. The molecule has 2 fully saturated rings. The molecule has 1 aromatic carbocycles. The Labute approximate surface area is 297 Å². The molecule has 274 valence electrons. The lowest BCUT2D eigenvalue weighted by atomic mass is 9.91. The van der Waals surface area contributed by atoms with E-state index >= 15 is 0 Å². The number of nitrogens with one attached hydrogen (secondary N) is 1. The van der Waals surface area contributed by atoms with E-state index in [2.05, 4.69) is 10.3 Å². The highest BCUT2D eigenvalue weighted by atomic mass is 16.6. The molecule has 2 aliphatic rings. The summed E-state index contributed by atoms with van der Waals surface area (Å²) in [5, 5.41) is 12.9. The van der Waals surface area contributed by atoms with Crippen LogP contribution in [0.1, 0.15) is 109 Å². The third-order valence-electron chi connectivity index (χ3n) is 9.12. The molecule has 2 saturated heterocycles. The van der Waals surface area contributed by atoms with Gasteiger partial charge < -0.3 is 29.7 Å². The molecule has 0 bridgehead atoms. The molecule has 4 rings (SSSR count). The Morgan fingerprint density at radius 3 is 2.28 bits per heavy atom. The molecule has 2 aliphatic heterocycles. The van der Waals surface area contributed by atoms with Gasteiger partial charge in [0.1, 0.15) is 17.0 Å². The van der Waals surface area contributed by atoms with Gasteiger partial charge in [-0.1, -0.05) is 18.2 Å². The van der Waals surface area contributed by atoms with E-state index in [1.807, 2.05) is 59.7 Å². The zero-order valence-electron chi connectivity index (χ0n) is 30.7. The summed E-state index contributed by atoms with van der Waals surface area (Å²) < 4.78 is 11.1. The minimum atomic E-state index is -0.674. The molecule has 2 N–H and O–H groups in total. The van der Waals surface area contributed by atoms with Crippen molar-refractivity contribution < 1.29 is 33.8 Å². The van der Waals surface area contributed by atoms with Crippen molar-refractivity contribution in [3.63, 3.8) is 0 Å². The molecule has 0 radical (unpaired) electrons. The summed E-state index contributed by atoms with van der Waals surface area (Å²) >= 11 is 0. The van der Waals surface area contributed by atoms with Crippen LogP contribution in [0.4, 0.5) is 4.79 Å². The summed E-state index contributed by atoms with van der Waals surface area (Å²) in [6, 6.07) is 8.45. The summed E-state index contributed by atoms with van der Waals surface area (Å²) in [6.45, 7) is 13.2. The van der Waals surface area contributed by atoms with E-state index in [1.54, 1.807) is 34.3 Å². The predicted molar refractivity (Wildman–Crippen MR) is 190 cm³/mol. The number of esters is 1. The van der Waals surface area contributed by atoms with Crippen LogP contribution >= 0.6 is 0 Å². The van der Waals surface area contributed by atoms with Crippen LogP contribution in [0.3, 0.4) is 0 Å². The van der Waals surface area contributed by atoms with Crippen LogP contribution in [-0.2, 0) is 36.7 Å². The highest BCUT2D eigenvalue weighted by Gasteiger charge is 2.32. The Morgan fingerprint density at radius 2 is 1.60 bits per heavy atom. The third-order valence-corrected chi connectivity index (χ3v) is 9.12. The first kappa shape index (κ1) is 38.6. The number of hydrogen-bond acceptors (Lipinski definition) is 8. The largest absolute Gasteiger partial charge is 0.508 e. The van der Waals surface area contributed by atoms with Crippen LogP contribution < -0.4 is 5.32 Å². The molecule has 3 amide bonds. The fraction of sp³-hybridized carbons (Fsp3) is 0.615. The number of pyridine rings is 1. The number of piperidine rings is 2. The SMILES string of the molecule is CC(C)(C)OC(=O)CC(NC(=O)C1CCCN(C(=O)CCC2CCN(C(=O)OC(C)(C)C)CC2)C1)c1cncc(CCc2cccc(O)c2)c1. The number of phenols is 1. The van der Waals surface area contributed by atoms with Gasteiger partial charge in [-0.2, -0.15) is 0 Å². The Morgan fingerprint density at radius 1 is 0.900 bits per heavy atom. The lowest BCUT2D eigenvalue weighted by Gasteiger charge is -2.35.